The minimum Gasteiger partial charge on any atom is -0.355 e. The van der Waals surface area contributed by atoms with Crippen molar-refractivity contribution in [1.82, 2.24) is 10.3 Å². The molecule has 1 aromatic rings. The Morgan fingerprint density at radius 2 is 2.22 bits per heavy atom. The number of hydrogen-bond donors (Lipinski definition) is 1. The maximum atomic E-state index is 11.3. The standard InChI is InChI=1S/C13H21N3OS/c1-2-4-14-11-12-3-5-15-13(10-12)16-6-8-18(17)9-7-16/h3,5,10,14H,2,4,6-9,11H2,1H3. The third-order valence-corrected chi connectivity index (χ3v) is 4.34. The fourth-order valence-electron chi connectivity index (χ4n) is 2.02. The van der Waals surface area contributed by atoms with Crippen molar-refractivity contribution < 1.29 is 4.21 Å². The van der Waals surface area contributed by atoms with Gasteiger partial charge in [0.2, 0.25) is 0 Å². The van der Waals surface area contributed by atoms with E-state index in [1.54, 1.807) is 0 Å². The van der Waals surface area contributed by atoms with Crippen LogP contribution in [0.4, 0.5) is 5.82 Å². The zero-order valence-electron chi connectivity index (χ0n) is 10.9. The minimum absolute atomic E-state index is 0.628. The smallest absolute Gasteiger partial charge is 0.128 e. The monoisotopic (exact) mass is 267 g/mol. The first-order valence-corrected chi connectivity index (χ1v) is 8.04. The van der Waals surface area contributed by atoms with Gasteiger partial charge in [-0.05, 0) is 30.7 Å². The molecule has 0 amide bonds. The van der Waals surface area contributed by atoms with E-state index in [0.29, 0.717) is 0 Å². The van der Waals surface area contributed by atoms with Gasteiger partial charge in [-0.1, -0.05) is 6.92 Å². The summed E-state index contributed by atoms with van der Waals surface area (Å²) in [5, 5.41) is 3.39. The van der Waals surface area contributed by atoms with Crippen LogP contribution in [0.15, 0.2) is 18.3 Å². The van der Waals surface area contributed by atoms with Gasteiger partial charge >= 0.3 is 0 Å². The summed E-state index contributed by atoms with van der Waals surface area (Å²) in [7, 11) is -0.628. The molecule has 0 saturated carbocycles. The highest BCUT2D eigenvalue weighted by molar-refractivity contribution is 7.85. The topological polar surface area (TPSA) is 45.2 Å². The van der Waals surface area contributed by atoms with Crippen LogP contribution in [0.2, 0.25) is 0 Å². The first kappa shape index (κ1) is 13.5. The summed E-state index contributed by atoms with van der Waals surface area (Å²) < 4.78 is 11.3. The van der Waals surface area contributed by atoms with Gasteiger partial charge in [-0.25, -0.2) is 4.98 Å². The lowest BCUT2D eigenvalue weighted by atomic mass is 10.2. The molecular weight excluding hydrogens is 246 g/mol. The van der Waals surface area contributed by atoms with Crippen molar-refractivity contribution in [2.24, 2.45) is 0 Å². The van der Waals surface area contributed by atoms with Gasteiger partial charge in [0.1, 0.15) is 5.82 Å². The molecule has 1 aliphatic rings. The molecule has 0 radical (unpaired) electrons. The van der Waals surface area contributed by atoms with E-state index < -0.39 is 10.8 Å². The van der Waals surface area contributed by atoms with Crippen molar-refractivity contribution in [3.05, 3.63) is 23.9 Å². The number of hydrogen-bond acceptors (Lipinski definition) is 4. The maximum absolute atomic E-state index is 11.3. The summed E-state index contributed by atoms with van der Waals surface area (Å²) in [5.41, 5.74) is 1.26. The Bertz CT molecular complexity index is 401. The second-order valence-corrected chi connectivity index (χ2v) is 6.23. The third-order valence-electron chi connectivity index (χ3n) is 3.07. The van der Waals surface area contributed by atoms with E-state index in [2.05, 4.69) is 28.2 Å². The van der Waals surface area contributed by atoms with E-state index >= 15 is 0 Å². The lowest BCUT2D eigenvalue weighted by molar-refractivity contribution is 0.670. The minimum atomic E-state index is -0.628. The second kappa shape index (κ2) is 6.85. The Balaban J connectivity index is 1.96. The summed E-state index contributed by atoms with van der Waals surface area (Å²) in [5.74, 6) is 2.54. The fraction of sp³-hybridized carbons (Fsp3) is 0.615. The number of nitrogens with one attached hydrogen (secondary N) is 1. The molecule has 4 nitrogen and oxygen atoms in total. The Morgan fingerprint density at radius 3 is 2.94 bits per heavy atom. The largest absolute Gasteiger partial charge is 0.355 e. The van der Waals surface area contributed by atoms with E-state index in [9.17, 15) is 4.21 Å². The Labute approximate surface area is 111 Å². The molecule has 100 valence electrons. The average Bonchev–Trinajstić information content (AvgIpc) is 2.40. The van der Waals surface area contributed by atoms with E-state index in [-0.39, 0.29) is 0 Å². The zero-order chi connectivity index (χ0) is 12.8. The lowest BCUT2D eigenvalue weighted by Gasteiger charge is -2.27. The van der Waals surface area contributed by atoms with Crippen LogP contribution < -0.4 is 10.2 Å². The number of aromatic nitrogens is 1. The van der Waals surface area contributed by atoms with Gasteiger partial charge < -0.3 is 10.2 Å². The summed E-state index contributed by atoms with van der Waals surface area (Å²) in [4.78, 5) is 6.64. The highest BCUT2D eigenvalue weighted by atomic mass is 32.2. The molecule has 0 spiro atoms. The molecule has 0 unspecified atom stereocenters. The van der Waals surface area contributed by atoms with Crippen molar-refractivity contribution >= 4 is 16.6 Å². The van der Waals surface area contributed by atoms with Gasteiger partial charge in [-0.15, -0.1) is 0 Å². The molecule has 2 rings (SSSR count). The van der Waals surface area contributed by atoms with Crippen LogP contribution in [-0.4, -0.2) is 40.3 Å². The van der Waals surface area contributed by atoms with Gasteiger partial charge in [0.25, 0.3) is 0 Å². The number of nitrogens with zero attached hydrogens (tertiary/aromatic N) is 2. The van der Waals surface area contributed by atoms with Crippen LogP contribution >= 0.6 is 0 Å². The summed E-state index contributed by atoms with van der Waals surface area (Å²) >= 11 is 0. The summed E-state index contributed by atoms with van der Waals surface area (Å²) in [6.07, 6.45) is 3.01. The van der Waals surface area contributed by atoms with Crippen LogP contribution in [0, 0.1) is 0 Å². The number of anilines is 1. The van der Waals surface area contributed by atoms with Gasteiger partial charge in [0, 0.05) is 48.1 Å². The molecule has 1 aromatic heterocycles. The van der Waals surface area contributed by atoms with Crippen LogP contribution in [-0.2, 0) is 17.3 Å². The van der Waals surface area contributed by atoms with Crippen molar-refractivity contribution in [3.63, 3.8) is 0 Å². The van der Waals surface area contributed by atoms with Gasteiger partial charge in [0.05, 0.1) is 0 Å². The first-order valence-electron chi connectivity index (χ1n) is 6.55. The van der Waals surface area contributed by atoms with E-state index in [1.165, 1.54) is 5.56 Å². The average molecular weight is 267 g/mol. The van der Waals surface area contributed by atoms with Gasteiger partial charge in [-0.2, -0.15) is 0 Å². The van der Waals surface area contributed by atoms with Crippen LogP contribution in [0.25, 0.3) is 0 Å². The SMILES string of the molecule is CCCNCc1ccnc(N2CCS(=O)CC2)c1. The highest BCUT2D eigenvalue weighted by Gasteiger charge is 2.16. The number of pyridine rings is 1. The Morgan fingerprint density at radius 1 is 1.44 bits per heavy atom. The van der Waals surface area contributed by atoms with Crippen molar-refractivity contribution in [2.45, 2.75) is 19.9 Å². The van der Waals surface area contributed by atoms with Gasteiger partial charge in [0.15, 0.2) is 0 Å². The molecule has 0 aromatic carbocycles. The van der Waals surface area contributed by atoms with Crippen LogP contribution in [0.3, 0.4) is 0 Å². The predicted octanol–water partition coefficient (Wildman–Crippen LogP) is 1.15. The molecule has 18 heavy (non-hydrogen) atoms. The molecule has 1 fully saturated rings. The summed E-state index contributed by atoms with van der Waals surface area (Å²) in [6, 6.07) is 4.19. The second-order valence-electron chi connectivity index (χ2n) is 4.53. The maximum Gasteiger partial charge on any atom is 0.128 e. The Kier molecular flexibility index (Phi) is 5.13. The molecule has 1 saturated heterocycles. The van der Waals surface area contributed by atoms with Crippen molar-refractivity contribution in [1.29, 1.82) is 0 Å². The molecule has 5 heteroatoms. The molecule has 0 bridgehead atoms. The van der Waals surface area contributed by atoms with E-state index in [4.69, 9.17) is 0 Å². The third kappa shape index (κ3) is 3.78. The first-order chi connectivity index (χ1) is 8.79. The van der Waals surface area contributed by atoms with Gasteiger partial charge in [-0.3, -0.25) is 4.21 Å². The van der Waals surface area contributed by atoms with Crippen molar-refractivity contribution in [3.8, 4) is 0 Å². The normalized spacial score (nSPS) is 17.1. The van der Waals surface area contributed by atoms with Crippen LogP contribution in [0.5, 0.6) is 0 Å². The lowest BCUT2D eigenvalue weighted by Crippen LogP contribution is -2.38. The fourth-order valence-corrected chi connectivity index (χ4v) is 3.07. The molecule has 1 aliphatic heterocycles. The molecule has 2 heterocycles. The molecule has 1 N–H and O–H groups in total. The zero-order valence-corrected chi connectivity index (χ0v) is 11.7. The Hall–Kier alpha value is -0.940. The molecular formula is C13H21N3OS. The van der Waals surface area contributed by atoms with E-state index in [1.807, 2.05) is 12.3 Å². The van der Waals surface area contributed by atoms with Crippen molar-refractivity contribution in [2.75, 3.05) is 36.0 Å². The predicted molar refractivity (Wildman–Crippen MR) is 76.3 cm³/mol. The van der Waals surface area contributed by atoms with Crippen LogP contribution in [0.1, 0.15) is 18.9 Å². The van der Waals surface area contributed by atoms with E-state index in [0.717, 1.165) is 49.9 Å². The highest BCUT2D eigenvalue weighted by Crippen LogP contribution is 2.14. The number of rotatable bonds is 5. The quantitative estimate of drug-likeness (QED) is 0.813. The molecule has 0 atom stereocenters. The molecule has 0 aliphatic carbocycles. The summed E-state index contributed by atoms with van der Waals surface area (Å²) in [6.45, 7) is 5.80.